The zero-order valence-corrected chi connectivity index (χ0v) is 10.5. The lowest BCUT2D eigenvalue weighted by atomic mass is 9.63. The smallest absolute Gasteiger partial charge is 0.141 e. The first-order valence-electron chi connectivity index (χ1n) is 5.47. The van der Waals surface area contributed by atoms with Crippen molar-refractivity contribution in [1.29, 1.82) is 5.26 Å². The number of nitrogens with zero attached hydrogens (tertiary/aromatic N) is 2. The van der Waals surface area contributed by atoms with Crippen molar-refractivity contribution in [3.63, 3.8) is 0 Å². The Morgan fingerprint density at radius 3 is 2.31 bits per heavy atom. The first-order chi connectivity index (χ1) is 7.59. The number of aliphatic imine (C=N–C) groups is 1. The first-order valence-corrected chi connectivity index (χ1v) is 5.47. The Bertz CT molecular complexity index is 351. The van der Waals surface area contributed by atoms with Gasteiger partial charge >= 0.3 is 0 Å². The van der Waals surface area contributed by atoms with Crippen LogP contribution in [-0.4, -0.2) is 12.8 Å². The Balaban J connectivity index is 0.00000106. The molecule has 0 unspecified atom stereocenters. The van der Waals surface area contributed by atoms with Crippen LogP contribution in [0.25, 0.3) is 0 Å². The molecule has 0 bridgehead atoms. The summed E-state index contributed by atoms with van der Waals surface area (Å²) in [5, 5.41) is 9.03. The van der Waals surface area contributed by atoms with E-state index in [0.717, 1.165) is 5.57 Å². The SMILES string of the molecule is C=C1CC(C#N)(C(=NC)C(F)=CC)C1.CC. The number of hydrogen-bond acceptors (Lipinski definition) is 2. The number of hydrogen-bond donors (Lipinski definition) is 0. The summed E-state index contributed by atoms with van der Waals surface area (Å²) < 4.78 is 13.4. The second kappa shape index (κ2) is 6.22. The van der Waals surface area contributed by atoms with Crippen LogP contribution in [0.15, 0.2) is 29.0 Å². The zero-order chi connectivity index (χ0) is 12.8. The molecule has 0 atom stereocenters. The van der Waals surface area contributed by atoms with E-state index in [1.165, 1.54) is 13.1 Å². The lowest BCUT2D eigenvalue weighted by Crippen LogP contribution is -2.38. The van der Waals surface area contributed by atoms with E-state index in [1.807, 2.05) is 13.8 Å². The summed E-state index contributed by atoms with van der Waals surface area (Å²) >= 11 is 0. The zero-order valence-electron chi connectivity index (χ0n) is 10.5. The van der Waals surface area contributed by atoms with E-state index in [2.05, 4.69) is 17.6 Å². The van der Waals surface area contributed by atoms with Gasteiger partial charge in [-0.15, -0.1) is 0 Å². The van der Waals surface area contributed by atoms with Gasteiger partial charge in [-0.1, -0.05) is 26.0 Å². The average Bonchev–Trinajstić information content (AvgIpc) is 2.29. The van der Waals surface area contributed by atoms with Crippen molar-refractivity contribution >= 4 is 5.71 Å². The van der Waals surface area contributed by atoms with Gasteiger partial charge in [-0.3, -0.25) is 4.99 Å². The topological polar surface area (TPSA) is 36.1 Å². The number of rotatable bonds is 2. The molecule has 1 rings (SSSR count). The third-order valence-corrected chi connectivity index (χ3v) is 2.47. The molecule has 2 nitrogen and oxygen atoms in total. The number of nitriles is 1. The molecular formula is C13H19FN2. The molecular weight excluding hydrogens is 203 g/mol. The van der Waals surface area contributed by atoms with Crippen molar-refractivity contribution < 1.29 is 4.39 Å². The van der Waals surface area contributed by atoms with Gasteiger partial charge in [0, 0.05) is 7.05 Å². The molecule has 1 aliphatic rings. The third-order valence-electron chi connectivity index (χ3n) is 2.47. The molecule has 0 heterocycles. The Labute approximate surface area is 97.2 Å². The second-order valence-corrected chi connectivity index (χ2v) is 3.51. The van der Waals surface area contributed by atoms with Crippen molar-refractivity contribution in [1.82, 2.24) is 0 Å². The van der Waals surface area contributed by atoms with Gasteiger partial charge in [0.1, 0.15) is 11.2 Å². The fourth-order valence-electron chi connectivity index (χ4n) is 1.79. The van der Waals surface area contributed by atoms with Gasteiger partial charge in [-0.05, 0) is 25.8 Å². The van der Waals surface area contributed by atoms with Gasteiger partial charge in [-0.2, -0.15) is 5.26 Å². The van der Waals surface area contributed by atoms with E-state index < -0.39 is 11.2 Å². The van der Waals surface area contributed by atoms with Gasteiger partial charge in [0.05, 0.1) is 11.8 Å². The van der Waals surface area contributed by atoms with Crippen molar-refractivity contribution in [3.8, 4) is 6.07 Å². The van der Waals surface area contributed by atoms with Crippen molar-refractivity contribution in [2.24, 2.45) is 10.4 Å². The van der Waals surface area contributed by atoms with E-state index in [-0.39, 0.29) is 5.71 Å². The van der Waals surface area contributed by atoms with Crippen LogP contribution >= 0.6 is 0 Å². The van der Waals surface area contributed by atoms with E-state index in [4.69, 9.17) is 5.26 Å². The predicted molar refractivity (Wildman–Crippen MR) is 66.0 cm³/mol. The van der Waals surface area contributed by atoms with Crippen molar-refractivity contribution in [2.75, 3.05) is 7.05 Å². The maximum Gasteiger partial charge on any atom is 0.141 e. The molecule has 0 radical (unpaired) electrons. The Morgan fingerprint density at radius 2 is 2.06 bits per heavy atom. The summed E-state index contributed by atoms with van der Waals surface area (Å²) in [6, 6.07) is 2.14. The molecule has 0 aromatic rings. The van der Waals surface area contributed by atoms with Crippen LogP contribution in [0.3, 0.4) is 0 Å². The molecule has 0 aromatic heterocycles. The van der Waals surface area contributed by atoms with E-state index in [9.17, 15) is 4.39 Å². The highest BCUT2D eigenvalue weighted by atomic mass is 19.1. The van der Waals surface area contributed by atoms with Crippen LogP contribution in [0.4, 0.5) is 4.39 Å². The third kappa shape index (κ3) is 2.57. The van der Waals surface area contributed by atoms with Gasteiger partial charge < -0.3 is 0 Å². The number of halogens is 1. The quantitative estimate of drug-likeness (QED) is 0.517. The minimum atomic E-state index is -0.761. The summed E-state index contributed by atoms with van der Waals surface area (Å²) in [5.41, 5.74) is 0.481. The first kappa shape index (κ1) is 14.6. The predicted octanol–water partition coefficient (Wildman–Crippen LogP) is 3.82. The Morgan fingerprint density at radius 1 is 1.56 bits per heavy atom. The van der Waals surface area contributed by atoms with Gasteiger partial charge in [0.25, 0.3) is 0 Å². The van der Waals surface area contributed by atoms with Crippen LogP contribution in [0.5, 0.6) is 0 Å². The normalized spacial score (nSPS) is 19.1. The van der Waals surface area contributed by atoms with Gasteiger partial charge in [-0.25, -0.2) is 4.39 Å². The molecule has 0 N–H and O–H groups in total. The van der Waals surface area contributed by atoms with Crippen LogP contribution < -0.4 is 0 Å². The highest BCUT2D eigenvalue weighted by Crippen LogP contribution is 2.46. The Hall–Kier alpha value is -1.43. The minimum Gasteiger partial charge on any atom is -0.288 e. The monoisotopic (exact) mass is 222 g/mol. The van der Waals surface area contributed by atoms with Crippen molar-refractivity contribution in [3.05, 3.63) is 24.1 Å². The van der Waals surface area contributed by atoms with Crippen molar-refractivity contribution in [2.45, 2.75) is 33.6 Å². The van der Waals surface area contributed by atoms with E-state index >= 15 is 0 Å². The maximum absolute atomic E-state index is 13.4. The summed E-state index contributed by atoms with van der Waals surface area (Å²) in [6.07, 6.45) is 2.39. The maximum atomic E-state index is 13.4. The fourth-order valence-corrected chi connectivity index (χ4v) is 1.79. The minimum absolute atomic E-state index is 0.259. The van der Waals surface area contributed by atoms with E-state index in [1.54, 1.807) is 6.92 Å². The summed E-state index contributed by atoms with van der Waals surface area (Å²) in [7, 11) is 1.51. The summed E-state index contributed by atoms with van der Waals surface area (Å²) in [4.78, 5) is 3.87. The molecule has 16 heavy (non-hydrogen) atoms. The second-order valence-electron chi connectivity index (χ2n) is 3.51. The molecule has 1 aliphatic carbocycles. The highest BCUT2D eigenvalue weighted by Gasteiger charge is 2.46. The molecule has 0 aliphatic heterocycles. The molecule has 3 heteroatoms. The fraction of sp³-hybridized carbons (Fsp3) is 0.538. The molecule has 0 amide bonds. The summed E-state index contributed by atoms with van der Waals surface area (Å²) in [5.74, 6) is -0.401. The number of allylic oxidation sites excluding steroid dienone is 3. The van der Waals surface area contributed by atoms with Crippen LogP contribution in [-0.2, 0) is 0 Å². The lowest BCUT2D eigenvalue weighted by Gasteiger charge is -2.37. The lowest BCUT2D eigenvalue weighted by molar-refractivity contribution is 0.419. The Kier molecular flexibility index (Phi) is 5.66. The highest BCUT2D eigenvalue weighted by molar-refractivity contribution is 6.05. The van der Waals surface area contributed by atoms with Gasteiger partial charge in [0.15, 0.2) is 0 Å². The molecule has 1 saturated carbocycles. The van der Waals surface area contributed by atoms with Crippen LogP contribution in [0, 0.1) is 16.7 Å². The van der Waals surface area contributed by atoms with Crippen LogP contribution in [0.1, 0.15) is 33.6 Å². The standard InChI is InChI=1S/C11H13FN2.C2H6/c1-4-9(12)10(14-3)11(7-13)5-8(2)6-11;1-2/h4H,2,5-6H2,1,3H3;1-2H3. The molecule has 88 valence electrons. The molecule has 0 spiro atoms. The van der Waals surface area contributed by atoms with Crippen LogP contribution in [0.2, 0.25) is 0 Å². The molecule has 0 aromatic carbocycles. The molecule has 0 saturated heterocycles. The molecule has 1 fully saturated rings. The average molecular weight is 222 g/mol. The van der Waals surface area contributed by atoms with E-state index in [0.29, 0.717) is 12.8 Å². The summed E-state index contributed by atoms with van der Waals surface area (Å²) in [6.45, 7) is 9.35. The van der Waals surface area contributed by atoms with Gasteiger partial charge in [0.2, 0.25) is 0 Å². The largest absolute Gasteiger partial charge is 0.288 e.